The molecule has 41 heavy (non-hydrogen) atoms. The lowest BCUT2D eigenvalue weighted by Gasteiger charge is -2.20. The van der Waals surface area contributed by atoms with Crippen molar-refractivity contribution in [3.63, 3.8) is 0 Å². The van der Waals surface area contributed by atoms with Gasteiger partial charge in [-0.25, -0.2) is 9.13 Å². The Bertz CT molecular complexity index is 1660. The summed E-state index contributed by atoms with van der Waals surface area (Å²) in [6, 6.07) is 15.7. The number of unbranched alkanes of at least 4 members (excludes halogenated alkanes) is 1. The van der Waals surface area contributed by atoms with Gasteiger partial charge in [0, 0.05) is 0 Å². The third-order valence-electron chi connectivity index (χ3n) is 5.71. The van der Waals surface area contributed by atoms with Crippen LogP contribution in [0.4, 0.5) is 0 Å². The molecule has 0 spiro atoms. The molecule has 4 aromatic rings. The van der Waals surface area contributed by atoms with Gasteiger partial charge in [0.25, 0.3) is 30.4 Å². The monoisotopic (exact) mass is 641 g/mol. The van der Waals surface area contributed by atoms with Gasteiger partial charge in [0.05, 0.1) is 28.3 Å². The molecule has 0 aliphatic rings. The number of imidazole rings is 1. The van der Waals surface area contributed by atoms with Crippen molar-refractivity contribution in [2.24, 2.45) is 7.05 Å². The maximum absolute atomic E-state index is 11.6. The molecule has 0 fully saturated rings. The third kappa shape index (κ3) is 9.27. The summed E-state index contributed by atoms with van der Waals surface area (Å²) < 4.78 is 102. The summed E-state index contributed by atoms with van der Waals surface area (Å²) in [4.78, 5) is -1.22. The molecule has 1 heterocycles. The van der Waals surface area contributed by atoms with Gasteiger partial charge in [-0.05, 0) is 66.7 Å². The van der Waals surface area contributed by atoms with E-state index in [9.17, 15) is 38.9 Å². The first-order valence-corrected chi connectivity index (χ1v) is 17.8. The lowest BCUT2D eigenvalue weighted by atomic mass is 10.3. The standard InChI is InChI=1S/C18H15O9PS3.C8H15N2/c19-29(20,21)16-7-1-4-13(10-16)28(14-5-2-8-17(11-14)30(22,23)24)15-6-3-9-18(12-15)31(25,26)27;1-3-4-5-10-7-6-9(2)8-10/h1-12H,(H,19,20,21)(H,22,23,24)(H,25,26,27);6-8H,3-5H2,1-2H3/q;+1. The van der Waals surface area contributed by atoms with Crippen LogP contribution in [0.25, 0.3) is 0 Å². The summed E-state index contributed by atoms with van der Waals surface area (Å²) in [6.45, 7) is 3.36. The van der Waals surface area contributed by atoms with Crippen LogP contribution in [0.5, 0.6) is 0 Å². The van der Waals surface area contributed by atoms with Crippen molar-refractivity contribution in [1.82, 2.24) is 4.57 Å². The quantitative estimate of drug-likeness (QED) is 0.141. The van der Waals surface area contributed by atoms with E-state index in [2.05, 4.69) is 34.8 Å². The van der Waals surface area contributed by atoms with Crippen LogP contribution in [-0.4, -0.2) is 43.5 Å². The zero-order valence-corrected chi connectivity index (χ0v) is 25.5. The summed E-state index contributed by atoms with van der Waals surface area (Å²) in [5.74, 6) is 0. The highest BCUT2D eigenvalue weighted by molar-refractivity contribution is 7.86. The van der Waals surface area contributed by atoms with Gasteiger partial charge < -0.3 is 0 Å². The van der Waals surface area contributed by atoms with E-state index in [0.717, 1.165) is 24.7 Å². The van der Waals surface area contributed by atoms with E-state index in [1.54, 1.807) is 0 Å². The van der Waals surface area contributed by atoms with Gasteiger partial charge in [-0.2, -0.15) is 25.3 Å². The Balaban J connectivity index is 0.000000389. The number of nitrogens with zero attached hydrogens (tertiary/aromatic N) is 2. The smallest absolute Gasteiger partial charge is 0.282 e. The largest absolute Gasteiger partial charge is 0.294 e. The van der Waals surface area contributed by atoms with Crippen molar-refractivity contribution in [2.75, 3.05) is 0 Å². The highest BCUT2D eigenvalue weighted by Gasteiger charge is 2.23. The van der Waals surface area contributed by atoms with Gasteiger partial charge in [-0.15, -0.1) is 0 Å². The molecule has 0 radical (unpaired) electrons. The predicted octanol–water partition coefficient (Wildman–Crippen LogP) is 2.30. The molecular formula is C26H30N2O9PS3+. The summed E-state index contributed by atoms with van der Waals surface area (Å²) in [5.41, 5.74) is 0. The van der Waals surface area contributed by atoms with Crippen molar-refractivity contribution < 1.29 is 43.5 Å². The first kappa shape index (κ1) is 32.5. The number of hydrogen-bond donors (Lipinski definition) is 3. The average molecular weight is 642 g/mol. The van der Waals surface area contributed by atoms with E-state index >= 15 is 0 Å². The second-order valence-corrected chi connectivity index (χ2v) is 15.4. The minimum Gasteiger partial charge on any atom is -0.282 e. The van der Waals surface area contributed by atoms with Gasteiger partial charge in [0.2, 0.25) is 6.33 Å². The summed E-state index contributed by atoms with van der Waals surface area (Å²) in [6.07, 6.45) is 8.82. The maximum atomic E-state index is 11.6. The molecule has 3 aromatic carbocycles. The molecular weight excluding hydrogens is 611 g/mol. The number of benzene rings is 3. The van der Waals surface area contributed by atoms with E-state index in [0.29, 0.717) is 15.9 Å². The van der Waals surface area contributed by atoms with E-state index < -0.39 is 53.0 Å². The number of hydrogen-bond acceptors (Lipinski definition) is 6. The van der Waals surface area contributed by atoms with Crippen LogP contribution in [0, 0.1) is 0 Å². The van der Waals surface area contributed by atoms with Crippen molar-refractivity contribution in [2.45, 2.75) is 41.0 Å². The van der Waals surface area contributed by atoms with Crippen LogP contribution in [0.2, 0.25) is 0 Å². The second kappa shape index (κ2) is 13.3. The van der Waals surface area contributed by atoms with Crippen molar-refractivity contribution >= 4 is 54.2 Å². The number of aryl methyl sites for hydroxylation is 2. The van der Waals surface area contributed by atoms with Crippen LogP contribution in [-0.2, 0) is 43.9 Å². The van der Waals surface area contributed by atoms with Gasteiger partial charge in [0.15, 0.2) is 0 Å². The molecule has 0 bridgehead atoms. The van der Waals surface area contributed by atoms with Crippen molar-refractivity contribution in [1.29, 1.82) is 0 Å². The zero-order valence-electron chi connectivity index (χ0n) is 22.1. The Labute approximate surface area is 241 Å². The summed E-state index contributed by atoms with van der Waals surface area (Å²) >= 11 is 0. The van der Waals surface area contributed by atoms with Crippen LogP contribution < -0.4 is 20.5 Å². The Morgan fingerprint density at radius 2 is 1.10 bits per heavy atom. The molecule has 3 N–H and O–H groups in total. The lowest BCUT2D eigenvalue weighted by molar-refractivity contribution is -0.696. The molecule has 0 unspecified atom stereocenters. The maximum Gasteiger partial charge on any atom is 0.294 e. The van der Waals surface area contributed by atoms with Crippen LogP contribution in [0.3, 0.4) is 0 Å². The average Bonchev–Trinajstić information content (AvgIpc) is 3.32. The fraction of sp³-hybridized carbons (Fsp3) is 0.192. The van der Waals surface area contributed by atoms with Crippen LogP contribution >= 0.6 is 7.92 Å². The lowest BCUT2D eigenvalue weighted by Crippen LogP contribution is -2.30. The van der Waals surface area contributed by atoms with Gasteiger partial charge in [-0.3, -0.25) is 13.7 Å². The number of rotatable bonds is 9. The molecule has 0 aliphatic heterocycles. The van der Waals surface area contributed by atoms with Crippen LogP contribution in [0.1, 0.15) is 19.8 Å². The van der Waals surface area contributed by atoms with E-state index in [-0.39, 0.29) is 0 Å². The zero-order chi connectivity index (χ0) is 30.4. The van der Waals surface area contributed by atoms with E-state index in [1.165, 1.54) is 67.4 Å². The molecule has 220 valence electrons. The highest BCUT2D eigenvalue weighted by Crippen LogP contribution is 2.34. The van der Waals surface area contributed by atoms with Gasteiger partial charge in [0.1, 0.15) is 12.4 Å². The topological polar surface area (TPSA) is 172 Å². The molecule has 4 rings (SSSR count). The molecule has 0 amide bonds. The fourth-order valence-electron chi connectivity index (χ4n) is 3.77. The normalized spacial score (nSPS) is 12.1. The van der Waals surface area contributed by atoms with Crippen molar-refractivity contribution in [3.8, 4) is 0 Å². The molecule has 0 aliphatic carbocycles. The van der Waals surface area contributed by atoms with Gasteiger partial charge >= 0.3 is 0 Å². The van der Waals surface area contributed by atoms with E-state index in [1.807, 2.05) is 7.05 Å². The van der Waals surface area contributed by atoms with E-state index in [4.69, 9.17) is 0 Å². The summed E-state index contributed by atoms with van der Waals surface area (Å²) in [5, 5.41) is 1.01. The minimum atomic E-state index is -4.55. The Morgan fingerprint density at radius 3 is 1.39 bits per heavy atom. The SMILES string of the molecule is CCCC[n+]1ccn(C)c1.O=S(=O)(O)c1cccc(P(c2cccc(S(=O)(=O)O)c2)c2cccc(S(=O)(=O)O)c2)c1. The molecule has 0 atom stereocenters. The summed E-state index contributed by atoms with van der Waals surface area (Å²) in [7, 11) is -13.4. The molecule has 0 saturated heterocycles. The molecule has 15 heteroatoms. The number of aromatic nitrogens is 2. The molecule has 11 nitrogen and oxygen atoms in total. The van der Waals surface area contributed by atoms with Crippen molar-refractivity contribution in [3.05, 3.63) is 91.5 Å². The Kier molecular flexibility index (Phi) is 10.6. The predicted molar refractivity (Wildman–Crippen MR) is 155 cm³/mol. The van der Waals surface area contributed by atoms with Gasteiger partial charge in [-0.1, -0.05) is 49.7 Å². The van der Waals surface area contributed by atoms with Crippen LogP contribution in [0.15, 0.2) is 106 Å². The third-order valence-corrected chi connectivity index (χ3v) is 10.6. The Morgan fingerprint density at radius 1 is 0.707 bits per heavy atom. The fourth-order valence-corrected chi connectivity index (χ4v) is 8.02. The highest BCUT2D eigenvalue weighted by atomic mass is 32.2. The first-order chi connectivity index (χ1) is 19.1. The Hall–Kier alpha value is -2.97. The second-order valence-electron chi connectivity index (χ2n) is 8.92. The minimum absolute atomic E-state index is 0.338. The first-order valence-electron chi connectivity index (χ1n) is 12.1. The molecule has 0 saturated carbocycles. The molecule has 1 aromatic heterocycles.